The predicted molar refractivity (Wildman–Crippen MR) is 106 cm³/mol. The fourth-order valence-corrected chi connectivity index (χ4v) is 3.03. The number of benzene rings is 3. The molecule has 0 radical (unpaired) electrons. The second-order valence-corrected chi connectivity index (χ2v) is 6.70. The van der Waals surface area contributed by atoms with E-state index in [0.717, 1.165) is 26.6 Å². The second-order valence-electron chi connectivity index (χ2n) is 5.78. The van der Waals surface area contributed by atoms with Crippen LogP contribution in [-0.2, 0) is 0 Å². The summed E-state index contributed by atoms with van der Waals surface area (Å²) in [6, 6.07) is 26.3. The van der Waals surface area contributed by atoms with E-state index in [1.54, 1.807) is 18.2 Å². The smallest absolute Gasteiger partial charge is 0.344 e. The standard InChI is InChI=1S/C22H14BrNO2/c23-16-12-10-15(11-13-16)21-14-19(18-8-4-5-9-20(18)24-21)22(25)26-17-6-2-1-3-7-17/h1-14H. The molecule has 0 N–H and O–H groups in total. The third-order valence-electron chi connectivity index (χ3n) is 4.03. The summed E-state index contributed by atoms with van der Waals surface area (Å²) in [4.78, 5) is 17.5. The molecule has 1 heterocycles. The number of nitrogens with zero attached hydrogens (tertiary/aromatic N) is 1. The average molecular weight is 404 g/mol. The van der Waals surface area contributed by atoms with Gasteiger partial charge in [-0.2, -0.15) is 0 Å². The summed E-state index contributed by atoms with van der Waals surface area (Å²) in [5.41, 5.74) is 2.93. The van der Waals surface area contributed by atoms with Crippen molar-refractivity contribution in [1.29, 1.82) is 0 Å². The highest BCUT2D eigenvalue weighted by molar-refractivity contribution is 9.10. The summed E-state index contributed by atoms with van der Waals surface area (Å²) in [5, 5.41) is 0.772. The van der Waals surface area contributed by atoms with Gasteiger partial charge in [-0.05, 0) is 36.4 Å². The zero-order valence-corrected chi connectivity index (χ0v) is 15.3. The van der Waals surface area contributed by atoms with E-state index in [1.807, 2.05) is 66.7 Å². The molecule has 0 fully saturated rings. The number of fused-ring (bicyclic) bond motifs is 1. The van der Waals surface area contributed by atoms with Crippen LogP contribution in [0, 0.1) is 0 Å². The zero-order chi connectivity index (χ0) is 17.9. The minimum atomic E-state index is -0.395. The lowest BCUT2D eigenvalue weighted by atomic mass is 10.0. The van der Waals surface area contributed by atoms with Crippen LogP contribution in [-0.4, -0.2) is 11.0 Å². The summed E-state index contributed by atoms with van der Waals surface area (Å²) in [5.74, 6) is 0.122. The Labute approximate surface area is 159 Å². The molecule has 3 nitrogen and oxygen atoms in total. The fourth-order valence-electron chi connectivity index (χ4n) is 2.76. The summed E-state index contributed by atoms with van der Waals surface area (Å²) >= 11 is 3.44. The van der Waals surface area contributed by atoms with Gasteiger partial charge in [-0.3, -0.25) is 0 Å². The molecule has 0 atom stereocenters. The normalized spacial score (nSPS) is 10.7. The third kappa shape index (κ3) is 3.37. The number of ether oxygens (including phenoxy) is 1. The first kappa shape index (κ1) is 16.5. The first-order chi connectivity index (χ1) is 12.7. The lowest BCUT2D eigenvalue weighted by Gasteiger charge is -2.10. The molecule has 0 saturated heterocycles. The van der Waals surface area contributed by atoms with E-state index in [9.17, 15) is 4.79 Å². The maximum absolute atomic E-state index is 12.8. The van der Waals surface area contributed by atoms with Crippen LogP contribution in [0.4, 0.5) is 0 Å². The molecule has 3 aromatic carbocycles. The van der Waals surface area contributed by atoms with Crippen molar-refractivity contribution in [3.63, 3.8) is 0 Å². The van der Waals surface area contributed by atoms with Crippen molar-refractivity contribution in [2.75, 3.05) is 0 Å². The van der Waals surface area contributed by atoms with Gasteiger partial charge >= 0.3 is 5.97 Å². The predicted octanol–water partition coefficient (Wildman–Crippen LogP) is 5.88. The number of para-hydroxylation sites is 2. The molecule has 4 heteroatoms. The van der Waals surface area contributed by atoms with Crippen LogP contribution in [0.2, 0.25) is 0 Å². The second kappa shape index (κ2) is 7.10. The summed E-state index contributed by atoms with van der Waals surface area (Å²) in [6.07, 6.45) is 0. The number of esters is 1. The summed E-state index contributed by atoms with van der Waals surface area (Å²) in [7, 11) is 0. The van der Waals surface area contributed by atoms with E-state index >= 15 is 0 Å². The van der Waals surface area contributed by atoms with Crippen molar-refractivity contribution in [2.45, 2.75) is 0 Å². The molecule has 1 aromatic heterocycles. The van der Waals surface area contributed by atoms with Crippen LogP contribution >= 0.6 is 15.9 Å². The van der Waals surface area contributed by atoms with E-state index in [0.29, 0.717) is 11.3 Å². The summed E-state index contributed by atoms with van der Waals surface area (Å²) < 4.78 is 6.54. The minimum Gasteiger partial charge on any atom is -0.423 e. The Morgan fingerprint density at radius 2 is 1.54 bits per heavy atom. The maximum Gasteiger partial charge on any atom is 0.344 e. The molecule has 126 valence electrons. The van der Waals surface area contributed by atoms with Crippen molar-refractivity contribution in [1.82, 2.24) is 4.98 Å². The average Bonchev–Trinajstić information content (AvgIpc) is 2.68. The van der Waals surface area contributed by atoms with Crippen LogP contribution in [0.3, 0.4) is 0 Å². The number of rotatable bonds is 3. The number of halogens is 1. The van der Waals surface area contributed by atoms with E-state index in [2.05, 4.69) is 15.9 Å². The Bertz CT molecular complexity index is 1080. The number of hydrogen-bond acceptors (Lipinski definition) is 3. The molecule has 0 saturated carbocycles. The largest absolute Gasteiger partial charge is 0.423 e. The van der Waals surface area contributed by atoms with E-state index in [-0.39, 0.29) is 0 Å². The molecule has 0 spiro atoms. The Balaban J connectivity index is 1.82. The molecular formula is C22H14BrNO2. The molecule has 4 aromatic rings. The van der Waals surface area contributed by atoms with Crippen molar-refractivity contribution in [2.24, 2.45) is 0 Å². The number of pyridine rings is 1. The molecular weight excluding hydrogens is 390 g/mol. The van der Waals surface area contributed by atoms with Crippen LogP contribution in [0.5, 0.6) is 5.75 Å². The number of aromatic nitrogens is 1. The Hall–Kier alpha value is -2.98. The molecule has 0 aliphatic carbocycles. The van der Waals surface area contributed by atoms with Gasteiger partial charge in [0.15, 0.2) is 0 Å². The molecule has 0 bridgehead atoms. The van der Waals surface area contributed by atoms with Gasteiger partial charge < -0.3 is 4.74 Å². The molecule has 0 aliphatic rings. The van der Waals surface area contributed by atoms with Crippen LogP contribution < -0.4 is 4.74 Å². The van der Waals surface area contributed by atoms with Gasteiger partial charge in [-0.25, -0.2) is 9.78 Å². The number of hydrogen-bond donors (Lipinski definition) is 0. The monoisotopic (exact) mass is 403 g/mol. The quantitative estimate of drug-likeness (QED) is 0.316. The van der Waals surface area contributed by atoms with Crippen molar-refractivity contribution in [3.8, 4) is 17.0 Å². The van der Waals surface area contributed by atoms with Gasteiger partial charge in [0.2, 0.25) is 0 Å². The Kier molecular flexibility index (Phi) is 4.50. The van der Waals surface area contributed by atoms with Gasteiger partial charge in [-0.1, -0.05) is 64.5 Å². The highest BCUT2D eigenvalue weighted by Crippen LogP contribution is 2.27. The number of carbonyl (C=O) groups excluding carboxylic acids is 1. The van der Waals surface area contributed by atoms with E-state index in [4.69, 9.17) is 9.72 Å². The minimum absolute atomic E-state index is 0.395. The van der Waals surface area contributed by atoms with Gasteiger partial charge in [-0.15, -0.1) is 0 Å². The Morgan fingerprint density at radius 1 is 0.846 bits per heavy atom. The first-order valence-corrected chi connectivity index (χ1v) is 8.93. The fraction of sp³-hybridized carbons (Fsp3) is 0. The topological polar surface area (TPSA) is 39.2 Å². The zero-order valence-electron chi connectivity index (χ0n) is 13.7. The van der Waals surface area contributed by atoms with Crippen LogP contribution in [0.25, 0.3) is 22.2 Å². The van der Waals surface area contributed by atoms with Crippen LogP contribution in [0.15, 0.2) is 89.4 Å². The van der Waals surface area contributed by atoms with Crippen molar-refractivity contribution < 1.29 is 9.53 Å². The van der Waals surface area contributed by atoms with E-state index < -0.39 is 5.97 Å². The van der Waals surface area contributed by atoms with Gasteiger partial charge in [0.05, 0.1) is 16.8 Å². The molecule has 26 heavy (non-hydrogen) atoms. The number of carbonyl (C=O) groups is 1. The lowest BCUT2D eigenvalue weighted by molar-refractivity contribution is 0.0737. The SMILES string of the molecule is O=C(Oc1ccccc1)c1cc(-c2ccc(Br)cc2)nc2ccccc12. The van der Waals surface area contributed by atoms with Gasteiger partial charge in [0, 0.05) is 15.4 Å². The Morgan fingerprint density at radius 3 is 2.31 bits per heavy atom. The highest BCUT2D eigenvalue weighted by atomic mass is 79.9. The molecule has 0 unspecified atom stereocenters. The highest BCUT2D eigenvalue weighted by Gasteiger charge is 2.16. The van der Waals surface area contributed by atoms with Crippen LogP contribution in [0.1, 0.15) is 10.4 Å². The third-order valence-corrected chi connectivity index (χ3v) is 4.56. The molecule has 4 rings (SSSR count). The first-order valence-electron chi connectivity index (χ1n) is 8.14. The summed E-state index contributed by atoms with van der Waals surface area (Å²) in [6.45, 7) is 0. The van der Waals surface area contributed by atoms with Gasteiger partial charge in [0.25, 0.3) is 0 Å². The molecule has 0 aliphatic heterocycles. The van der Waals surface area contributed by atoms with E-state index in [1.165, 1.54) is 0 Å². The maximum atomic E-state index is 12.8. The lowest BCUT2D eigenvalue weighted by Crippen LogP contribution is -2.10. The van der Waals surface area contributed by atoms with Gasteiger partial charge in [0.1, 0.15) is 5.75 Å². The van der Waals surface area contributed by atoms with Crippen molar-refractivity contribution in [3.05, 3.63) is 95.0 Å². The van der Waals surface area contributed by atoms with Crippen molar-refractivity contribution >= 4 is 32.8 Å². The molecule has 0 amide bonds.